The molecule has 0 aliphatic carbocycles. The van der Waals surface area contributed by atoms with Crippen LogP contribution in [0.4, 0.5) is 0 Å². The third-order valence-electron chi connectivity index (χ3n) is 2.62. The summed E-state index contributed by atoms with van der Waals surface area (Å²) in [4.78, 5) is 11.7. The minimum absolute atomic E-state index is 0.222. The molecule has 0 saturated carbocycles. The lowest BCUT2D eigenvalue weighted by molar-refractivity contribution is 0.0550. The standard InChI is InChI=1S/C15H14O3/c1-3-8-18-15(16)13-5-4-12-10-14(17-2)7-6-11(12)9-13/h3-7,9-10H,1,8H2,2H3. The van der Waals surface area contributed by atoms with Crippen LogP contribution in [0.5, 0.6) is 5.75 Å². The summed E-state index contributed by atoms with van der Waals surface area (Å²) in [6, 6.07) is 11.1. The van der Waals surface area contributed by atoms with Crippen LogP contribution in [0.2, 0.25) is 0 Å². The molecule has 0 aliphatic heterocycles. The van der Waals surface area contributed by atoms with Gasteiger partial charge < -0.3 is 9.47 Å². The topological polar surface area (TPSA) is 35.5 Å². The van der Waals surface area contributed by atoms with E-state index in [2.05, 4.69) is 6.58 Å². The number of ether oxygens (including phenoxy) is 2. The molecule has 3 heteroatoms. The number of hydrogen-bond donors (Lipinski definition) is 0. The average Bonchev–Trinajstić information content (AvgIpc) is 2.43. The maximum absolute atomic E-state index is 11.7. The first-order chi connectivity index (χ1) is 8.74. The van der Waals surface area contributed by atoms with E-state index in [1.807, 2.05) is 24.3 Å². The van der Waals surface area contributed by atoms with Gasteiger partial charge in [0.2, 0.25) is 0 Å². The minimum atomic E-state index is -0.340. The van der Waals surface area contributed by atoms with Crippen molar-refractivity contribution in [1.82, 2.24) is 0 Å². The summed E-state index contributed by atoms with van der Waals surface area (Å²) in [6.45, 7) is 3.73. The van der Waals surface area contributed by atoms with Crippen LogP contribution in [0.3, 0.4) is 0 Å². The number of hydrogen-bond acceptors (Lipinski definition) is 3. The van der Waals surface area contributed by atoms with Gasteiger partial charge >= 0.3 is 5.97 Å². The first-order valence-corrected chi connectivity index (χ1v) is 5.60. The van der Waals surface area contributed by atoms with Gasteiger partial charge in [0, 0.05) is 0 Å². The normalized spacial score (nSPS) is 10.1. The van der Waals surface area contributed by atoms with E-state index in [0.29, 0.717) is 5.56 Å². The molecule has 0 amide bonds. The van der Waals surface area contributed by atoms with Crippen molar-refractivity contribution < 1.29 is 14.3 Å². The van der Waals surface area contributed by atoms with E-state index in [1.165, 1.54) is 0 Å². The van der Waals surface area contributed by atoms with E-state index in [9.17, 15) is 4.79 Å². The Morgan fingerprint density at radius 1 is 1.22 bits per heavy atom. The van der Waals surface area contributed by atoms with Crippen LogP contribution in [-0.4, -0.2) is 19.7 Å². The van der Waals surface area contributed by atoms with Gasteiger partial charge in [0.1, 0.15) is 12.4 Å². The van der Waals surface area contributed by atoms with Gasteiger partial charge in [0.15, 0.2) is 0 Å². The summed E-state index contributed by atoms with van der Waals surface area (Å²) in [5, 5.41) is 2.00. The van der Waals surface area contributed by atoms with E-state index >= 15 is 0 Å². The van der Waals surface area contributed by atoms with Crippen molar-refractivity contribution in [2.75, 3.05) is 13.7 Å². The van der Waals surface area contributed by atoms with Gasteiger partial charge in [-0.3, -0.25) is 0 Å². The van der Waals surface area contributed by atoms with E-state index in [-0.39, 0.29) is 12.6 Å². The largest absolute Gasteiger partial charge is 0.497 e. The molecule has 2 aromatic carbocycles. The second-order valence-electron chi connectivity index (χ2n) is 3.81. The number of rotatable bonds is 4. The van der Waals surface area contributed by atoms with E-state index in [4.69, 9.17) is 9.47 Å². The van der Waals surface area contributed by atoms with Gasteiger partial charge in [-0.2, -0.15) is 0 Å². The van der Waals surface area contributed by atoms with Crippen molar-refractivity contribution in [2.45, 2.75) is 0 Å². The average molecular weight is 242 g/mol. The van der Waals surface area contributed by atoms with E-state index < -0.39 is 0 Å². The van der Waals surface area contributed by atoms with Crippen molar-refractivity contribution in [1.29, 1.82) is 0 Å². The van der Waals surface area contributed by atoms with Crippen LogP contribution in [0.15, 0.2) is 49.1 Å². The Kier molecular flexibility index (Phi) is 3.63. The zero-order valence-electron chi connectivity index (χ0n) is 10.2. The molecule has 0 N–H and O–H groups in total. The minimum Gasteiger partial charge on any atom is -0.497 e. The summed E-state index contributed by atoms with van der Waals surface area (Å²) >= 11 is 0. The highest BCUT2D eigenvalue weighted by Gasteiger charge is 2.07. The number of carbonyl (C=O) groups excluding carboxylic acids is 1. The quantitative estimate of drug-likeness (QED) is 0.610. The van der Waals surface area contributed by atoms with Crippen LogP contribution in [-0.2, 0) is 4.74 Å². The molecule has 3 nitrogen and oxygen atoms in total. The van der Waals surface area contributed by atoms with Crippen molar-refractivity contribution in [3.05, 3.63) is 54.6 Å². The molecule has 0 unspecified atom stereocenters. The fourth-order valence-corrected chi connectivity index (χ4v) is 1.70. The lowest BCUT2D eigenvalue weighted by atomic mass is 10.1. The van der Waals surface area contributed by atoms with Gasteiger partial charge in [-0.15, -0.1) is 0 Å². The Balaban J connectivity index is 2.32. The van der Waals surface area contributed by atoms with Gasteiger partial charge in [0.25, 0.3) is 0 Å². The summed E-state index contributed by atoms with van der Waals surface area (Å²) in [6.07, 6.45) is 1.55. The van der Waals surface area contributed by atoms with Gasteiger partial charge in [-0.05, 0) is 35.0 Å². The lowest BCUT2D eigenvalue weighted by Gasteiger charge is -2.05. The molecule has 0 heterocycles. The van der Waals surface area contributed by atoms with Crippen molar-refractivity contribution in [3.63, 3.8) is 0 Å². The second kappa shape index (κ2) is 5.36. The molecule has 18 heavy (non-hydrogen) atoms. The number of carbonyl (C=O) groups is 1. The molecule has 0 spiro atoms. The van der Waals surface area contributed by atoms with E-state index in [0.717, 1.165) is 16.5 Å². The number of benzene rings is 2. The molecular formula is C15H14O3. The molecule has 92 valence electrons. The zero-order valence-corrected chi connectivity index (χ0v) is 10.2. The van der Waals surface area contributed by atoms with Gasteiger partial charge in [0.05, 0.1) is 12.7 Å². The van der Waals surface area contributed by atoms with Crippen molar-refractivity contribution in [2.24, 2.45) is 0 Å². The summed E-state index contributed by atoms with van der Waals surface area (Å²) in [7, 11) is 1.63. The maximum atomic E-state index is 11.7. The second-order valence-corrected chi connectivity index (χ2v) is 3.81. The predicted octanol–water partition coefficient (Wildman–Crippen LogP) is 3.19. The number of methoxy groups -OCH3 is 1. The molecule has 0 aromatic heterocycles. The lowest BCUT2D eigenvalue weighted by Crippen LogP contribution is -2.04. The molecule has 0 saturated heterocycles. The molecular weight excluding hydrogens is 228 g/mol. The summed E-state index contributed by atoms with van der Waals surface area (Å²) in [5.41, 5.74) is 0.537. The van der Waals surface area contributed by atoms with E-state index in [1.54, 1.807) is 25.3 Å². The Bertz CT molecular complexity index is 587. The number of fused-ring (bicyclic) bond motifs is 1. The number of esters is 1. The molecule has 2 rings (SSSR count). The SMILES string of the molecule is C=CCOC(=O)c1ccc2cc(OC)ccc2c1. The first kappa shape index (κ1) is 12.2. The molecule has 0 aliphatic rings. The molecule has 0 radical (unpaired) electrons. The van der Waals surface area contributed by atoms with Crippen LogP contribution in [0.1, 0.15) is 10.4 Å². The fraction of sp³-hybridized carbons (Fsp3) is 0.133. The smallest absolute Gasteiger partial charge is 0.338 e. The maximum Gasteiger partial charge on any atom is 0.338 e. The summed E-state index contributed by atoms with van der Waals surface area (Å²) < 4.78 is 10.1. The highest BCUT2D eigenvalue weighted by Crippen LogP contribution is 2.22. The third-order valence-corrected chi connectivity index (χ3v) is 2.62. The predicted molar refractivity (Wildman–Crippen MR) is 71.0 cm³/mol. The molecule has 0 fully saturated rings. The summed E-state index contributed by atoms with van der Waals surface area (Å²) in [5.74, 6) is 0.456. The van der Waals surface area contributed by atoms with Gasteiger partial charge in [-0.25, -0.2) is 4.79 Å². The highest BCUT2D eigenvalue weighted by molar-refractivity contribution is 5.95. The molecule has 2 aromatic rings. The molecule has 0 atom stereocenters. The van der Waals surface area contributed by atoms with Crippen LogP contribution >= 0.6 is 0 Å². The Hall–Kier alpha value is -2.29. The Labute approximate surface area is 106 Å². The van der Waals surface area contributed by atoms with Crippen LogP contribution in [0, 0.1) is 0 Å². The van der Waals surface area contributed by atoms with Crippen molar-refractivity contribution >= 4 is 16.7 Å². The van der Waals surface area contributed by atoms with Gasteiger partial charge in [-0.1, -0.05) is 24.8 Å². The fourth-order valence-electron chi connectivity index (χ4n) is 1.70. The monoisotopic (exact) mass is 242 g/mol. The third kappa shape index (κ3) is 2.51. The Morgan fingerprint density at radius 3 is 2.67 bits per heavy atom. The van der Waals surface area contributed by atoms with Crippen LogP contribution < -0.4 is 4.74 Å². The van der Waals surface area contributed by atoms with Crippen molar-refractivity contribution in [3.8, 4) is 5.75 Å². The zero-order chi connectivity index (χ0) is 13.0. The Morgan fingerprint density at radius 2 is 1.94 bits per heavy atom. The van der Waals surface area contributed by atoms with Crippen LogP contribution in [0.25, 0.3) is 10.8 Å². The molecule has 0 bridgehead atoms. The highest BCUT2D eigenvalue weighted by atomic mass is 16.5. The first-order valence-electron chi connectivity index (χ1n) is 5.60.